The van der Waals surface area contributed by atoms with E-state index in [1.54, 1.807) is 21.9 Å². The normalized spacial score (nSPS) is 13.6. The molecular formula is C22H23N3O3. The molecule has 0 aromatic heterocycles. The highest BCUT2D eigenvalue weighted by molar-refractivity contribution is 5.96. The molecule has 0 bridgehead atoms. The van der Waals surface area contributed by atoms with E-state index in [0.29, 0.717) is 25.2 Å². The number of urea groups is 1. The zero-order chi connectivity index (χ0) is 20.3. The van der Waals surface area contributed by atoms with Crippen molar-refractivity contribution in [3.63, 3.8) is 0 Å². The van der Waals surface area contributed by atoms with Crippen LogP contribution >= 0.6 is 0 Å². The van der Waals surface area contributed by atoms with Crippen molar-refractivity contribution in [1.82, 2.24) is 4.90 Å². The first-order chi connectivity index (χ1) is 13.5. The molecule has 3 rings (SSSR count). The summed E-state index contributed by atoms with van der Waals surface area (Å²) >= 11 is 0. The molecule has 2 amide bonds. The van der Waals surface area contributed by atoms with Gasteiger partial charge in [-0.25, -0.2) is 4.79 Å². The number of nitriles is 1. The number of esters is 1. The maximum absolute atomic E-state index is 12.8. The number of carbonyl (C=O) groups excluding carboxylic acids is 2. The molecular weight excluding hydrogens is 354 g/mol. The number of ether oxygens (including phenoxy) is 1. The number of hydrogen-bond donors (Lipinski definition) is 0. The van der Waals surface area contributed by atoms with E-state index in [9.17, 15) is 9.59 Å². The highest BCUT2D eigenvalue weighted by Crippen LogP contribution is 2.33. The van der Waals surface area contributed by atoms with E-state index in [1.807, 2.05) is 38.1 Å². The van der Waals surface area contributed by atoms with E-state index in [4.69, 9.17) is 5.26 Å². The van der Waals surface area contributed by atoms with Crippen LogP contribution in [0.5, 0.6) is 0 Å². The standard InChI is InChI=1S/C22H23N3O3/c1-15-16(2)20(9-8-19(15)18-6-4-17(14-23)5-7-18)25-13-12-24(22(25)27)11-10-21(26)28-3/h4-9H,10-13H2,1-3H3. The van der Waals surface area contributed by atoms with E-state index in [1.165, 1.54) is 7.11 Å². The fraction of sp³-hybridized carbons (Fsp3) is 0.318. The van der Waals surface area contributed by atoms with Crippen molar-refractivity contribution in [3.05, 3.63) is 53.1 Å². The third-order valence-electron chi connectivity index (χ3n) is 5.28. The predicted octanol–water partition coefficient (Wildman–Crippen LogP) is 3.65. The van der Waals surface area contributed by atoms with Crippen LogP contribution in [0.1, 0.15) is 23.1 Å². The van der Waals surface area contributed by atoms with Crippen molar-refractivity contribution < 1.29 is 14.3 Å². The molecule has 0 N–H and O–H groups in total. The monoisotopic (exact) mass is 377 g/mol. The van der Waals surface area contributed by atoms with Gasteiger partial charge in [-0.3, -0.25) is 9.69 Å². The lowest BCUT2D eigenvalue weighted by atomic mass is 9.95. The number of anilines is 1. The third kappa shape index (κ3) is 3.70. The summed E-state index contributed by atoms with van der Waals surface area (Å²) in [7, 11) is 1.35. The highest BCUT2D eigenvalue weighted by atomic mass is 16.5. The molecule has 6 nitrogen and oxygen atoms in total. The maximum Gasteiger partial charge on any atom is 0.324 e. The summed E-state index contributed by atoms with van der Waals surface area (Å²) in [4.78, 5) is 27.6. The molecule has 2 aromatic rings. The Bertz CT molecular complexity index is 945. The first-order valence-corrected chi connectivity index (χ1v) is 9.20. The predicted molar refractivity (Wildman–Crippen MR) is 107 cm³/mol. The number of benzene rings is 2. The van der Waals surface area contributed by atoms with Crippen LogP contribution in [0.2, 0.25) is 0 Å². The molecule has 0 aliphatic carbocycles. The van der Waals surface area contributed by atoms with Crippen molar-refractivity contribution in [2.24, 2.45) is 0 Å². The van der Waals surface area contributed by atoms with E-state index < -0.39 is 0 Å². The molecule has 28 heavy (non-hydrogen) atoms. The lowest BCUT2D eigenvalue weighted by molar-refractivity contribution is -0.140. The Morgan fingerprint density at radius 1 is 1.11 bits per heavy atom. The fourth-order valence-electron chi connectivity index (χ4n) is 3.48. The molecule has 0 unspecified atom stereocenters. The van der Waals surface area contributed by atoms with Gasteiger partial charge in [0, 0.05) is 25.3 Å². The van der Waals surface area contributed by atoms with E-state index >= 15 is 0 Å². The zero-order valence-corrected chi connectivity index (χ0v) is 16.4. The lowest BCUT2D eigenvalue weighted by Gasteiger charge is -2.22. The van der Waals surface area contributed by atoms with Gasteiger partial charge in [0.1, 0.15) is 0 Å². The minimum Gasteiger partial charge on any atom is -0.469 e. The van der Waals surface area contributed by atoms with Crippen molar-refractivity contribution in [1.29, 1.82) is 5.26 Å². The van der Waals surface area contributed by atoms with Crippen LogP contribution in [0.25, 0.3) is 11.1 Å². The molecule has 0 spiro atoms. The van der Waals surface area contributed by atoms with Crippen LogP contribution in [-0.4, -0.2) is 43.6 Å². The van der Waals surface area contributed by atoms with Crippen LogP contribution < -0.4 is 4.90 Å². The smallest absolute Gasteiger partial charge is 0.324 e. The Morgan fingerprint density at radius 3 is 2.46 bits per heavy atom. The second-order valence-corrected chi connectivity index (χ2v) is 6.82. The van der Waals surface area contributed by atoms with Crippen molar-refractivity contribution in [2.45, 2.75) is 20.3 Å². The molecule has 1 heterocycles. The Kier molecular flexibility index (Phi) is 5.65. The van der Waals surface area contributed by atoms with Gasteiger partial charge in [0.2, 0.25) is 0 Å². The molecule has 1 saturated heterocycles. The molecule has 1 fully saturated rings. The Hall–Kier alpha value is -3.33. The minimum absolute atomic E-state index is 0.0856. The summed E-state index contributed by atoms with van der Waals surface area (Å²) in [5, 5.41) is 8.97. The number of nitrogens with zero attached hydrogens (tertiary/aromatic N) is 3. The summed E-state index contributed by atoms with van der Waals surface area (Å²) in [6.07, 6.45) is 0.200. The van der Waals surface area contributed by atoms with Crippen molar-refractivity contribution >= 4 is 17.7 Å². The Balaban J connectivity index is 1.82. The fourth-order valence-corrected chi connectivity index (χ4v) is 3.48. The number of hydrogen-bond acceptors (Lipinski definition) is 4. The van der Waals surface area contributed by atoms with Gasteiger partial charge in [0.25, 0.3) is 0 Å². The summed E-state index contributed by atoms with van der Waals surface area (Å²) in [6, 6.07) is 13.5. The quantitative estimate of drug-likeness (QED) is 0.746. The molecule has 0 saturated carbocycles. The molecule has 0 atom stereocenters. The van der Waals surface area contributed by atoms with Gasteiger partial charge in [-0.1, -0.05) is 18.2 Å². The third-order valence-corrected chi connectivity index (χ3v) is 5.28. The van der Waals surface area contributed by atoms with Gasteiger partial charge < -0.3 is 9.64 Å². The Morgan fingerprint density at radius 2 is 1.82 bits per heavy atom. The van der Waals surface area contributed by atoms with E-state index in [0.717, 1.165) is 27.9 Å². The van der Waals surface area contributed by atoms with Gasteiger partial charge in [-0.15, -0.1) is 0 Å². The molecule has 1 aliphatic heterocycles. The van der Waals surface area contributed by atoms with Gasteiger partial charge in [0.15, 0.2) is 0 Å². The topological polar surface area (TPSA) is 73.6 Å². The van der Waals surface area contributed by atoms with E-state index in [-0.39, 0.29) is 18.4 Å². The van der Waals surface area contributed by atoms with Crippen LogP contribution in [0.3, 0.4) is 0 Å². The number of carbonyl (C=O) groups is 2. The molecule has 0 radical (unpaired) electrons. The summed E-state index contributed by atoms with van der Waals surface area (Å²) in [5.74, 6) is -0.315. The van der Waals surface area contributed by atoms with Crippen LogP contribution in [0.4, 0.5) is 10.5 Å². The highest BCUT2D eigenvalue weighted by Gasteiger charge is 2.31. The lowest BCUT2D eigenvalue weighted by Crippen LogP contribution is -2.33. The van der Waals surface area contributed by atoms with Gasteiger partial charge in [-0.2, -0.15) is 5.26 Å². The number of methoxy groups -OCH3 is 1. The van der Waals surface area contributed by atoms with Gasteiger partial charge in [-0.05, 0) is 54.3 Å². The number of rotatable bonds is 5. The first-order valence-electron chi connectivity index (χ1n) is 9.20. The average Bonchev–Trinajstić information content (AvgIpc) is 3.08. The Labute approximate surface area is 164 Å². The average molecular weight is 377 g/mol. The van der Waals surface area contributed by atoms with E-state index in [2.05, 4.69) is 10.8 Å². The van der Waals surface area contributed by atoms with Gasteiger partial charge >= 0.3 is 12.0 Å². The van der Waals surface area contributed by atoms with Crippen LogP contribution in [0.15, 0.2) is 36.4 Å². The van der Waals surface area contributed by atoms with Gasteiger partial charge in [0.05, 0.1) is 25.2 Å². The molecule has 2 aromatic carbocycles. The molecule has 144 valence electrons. The SMILES string of the molecule is COC(=O)CCN1CCN(c2ccc(-c3ccc(C#N)cc3)c(C)c2C)C1=O. The van der Waals surface area contributed by atoms with Crippen molar-refractivity contribution in [2.75, 3.05) is 31.6 Å². The summed E-state index contributed by atoms with van der Waals surface area (Å²) in [5.41, 5.74) is 5.79. The summed E-state index contributed by atoms with van der Waals surface area (Å²) < 4.78 is 4.65. The minimum atomic E-state index is -0.315. The molecule has 6 heteroatoms. The summed E-state index contributed by atoms with van der Waals surface area (Å²) in [6.45, 7) is 5.61. The van der Waals surface area contributed by atoms with Crippen LogP contribution in [-0.2, 0) is 9.53 Å². The second kappa shape index (κ2) is 8.13. The van der Waals surface area contributed by atoms with Crippen molar-refractivity contribution in [3.8, 4) is 17.2 Å². The maximum atomic E-state index is 12.8. The first kappa shape index (κ1) is 19.4. The second-order valence-electron chi connectivity index (χ2n) is 6.82. The largest absolute Gasteiger partial charge is 0.469 e. The zero-order valence-electron chi connectivity index (χ0n) is 16.4. The molecule has 1 aliphatic rings. The number of amides is 2. The van der Waals surface area contributed by atoms with Crippen LogP contribution in [0, 0.1) is 25.2 Å².